The summed E-state index contributed by atoms with van der Waals surface area (Å²) < 4.78 is 38.9. The van der Waals surface area contributed by atoms with Crippen LogP contribution in [0.2, 0.25) is 0 Å². The molecule has 7 heteroatoms. The van der Waals surface area contributed by atoms with Gasteiger partial charge in [0.05, 0.1) is 11.8 Å². The molecule has 0 amide bonds. The van der Waals surface area contributed by atoms with Crippen molar-refractivity contribution in [3.05, 3.63) is 41.3 Å². The van der Waals surface area contributed by atoms with Gasteiger partial charge in [-0.3, -0.25) is 0 Å². The largest absolute Gasteiger partial charge is 0.419 e. The van der Waals surface area contributed by atoms with Gasteiger partial charge < -0.3 is 5.32 Å². The predicted octanol–water partition coefficient (Wildman–Crippen LogP) is 2.57. The highest BCUT2D eigenvalue weighted by atomic mass is 19.4. The van der Waals surface area contributed by atoms with Crippen molar-refractivity contribution in [2.75, 3.05) is 7.05 Å². The fraction of sp³-hybridized carbons (Fsp3) is 0.385. The second-order valence-corrected chi connectivity index (χ2v) is 4.38. The number of aromatic nitrogens is 3. The van der Waals surface area contributed by atoms with Crippen LogP contribution in [0.3, 0.4) is 0 Å². The van der Waals surface area contributed by atoms with E-state index in [1.165, 1.54) is 0 Å². The van der Waals surface area contributed by atoms with Crippen molar-refractivity contribution in [3.8, 4) is 5.82 Å². The number of hydrogen-bond donors (Lipinski definition) is 1. The monoisotopic (exact) mass is 284 g/mol. The lowest BCUT2D eigenvalue weighted by Crippen LogP contribution is -2.09. The molecule has 0 aromatic carbocycles. The van der Waals surface area contributed by atoms with Crippen LogP contribution in [0.5, 0.6) is 0 Å². The Kier molecular flexibility index (Phi) is 4.08. The van der Waals surface area contributed by atoms with Crippen LogP contribution in [0.1, 0.15) is 23.7 Å². The number of aryl methyl sites for hydroxylation is 1. The normalized spacial score (nSPS) is 11.8. The Bertz CT molecular complexity index is 590. The molecular weight excluding hydrogens is 269 g/mol. The lowest BCUT2D eigenvalue weighted by atomic mass is 10.2. The van der Waals surface area contributed by atoms with Crippen LogP contribution in [0.25, 0.3) is 5.82 Å². The first-order valence-electron chi connectivity index (χ1n) is 6.20. The second-order valence-electron chi connectivity index (χ2n) is 4.38. The number of hydrogen-bond acceptors (Lipinski definition) is 3. The van der Waals surface area contributed by atoms with Crippen molar-refractivity contribution in [1.82, 2.24) is 20.1 Å². The van der Waals surface area contributed by atoms with Crippen LogP contribution in [-0.4, -0.2) is 21.8 Å². The number of alkyl halides is 3. The van der Waals surface area contributed by atoms with Gasteiger partial charge in [0.15, 0.2) is 5.82 Å². The minimum Gasteiger partial charge on any atom is -0.316 e. The molecule has 0 aliphatic heterocycles. The van der Waals surface area contributed by atoms with Gasteiger partial charge in [-0.1, -0.05) is 6.92 Å². The number of pyridine rings is 1. The van der Waals surface area contributed by atoms with Crippen LogP contribution in [0.4, 0.5) is 13.2 Å². The Hall–Kier alpha value is -1.89. The van der Waals surface area contributed by atoms with Crippen molar-refractivity contribution in [2.24, 2.45) is 0 Å². The minimum absolute atomic E-state index is 0.394. The summed E-state index contributed by atoms with van der Waals surface area (Å²) in [7, 11) is 1.81. The summed E-state index contributed by atoms with van der Waals surface area (Å²) in [5.41, 5.74) is 0.992. The Morgan fingerprint density at radius 3 is 2.60 bits per heavy atom. The summed E-state index contributed by atoms with van der Waals surface area (Å²) in [5, 5.41) is 6.75. The molecule has 0 fully saturated rings. The molecule has 0 aliphatic carbocycles. The van der Waals surface area contributed by atoms with E-state index in [4.69, 9.17) is 0 Å². The molecule has 2 aromatic heterocycles. The maximum absolute atomic E-state index is 12.6. The summed E-state index contributed by atoms with van der Waals surface area (Å²) in [6.07, 6.45) is -1.94. The maximum Gasteiger partial charge on any atom is 0.419 e. The number of halogens is 3. The van der Waals surface area contributed by atoms with E-state index in [1.807, 2.05) is 13.0 Å². The number of rotatable bonds is 4. The third-order valence-electron chi connectivity index (χ3n) is 2.81. The fourth-order valence-corrected chi connectivity index (χ4v) is 1.83. The molecule has 0 saturated carbocycles. The number of nitrogens with one attached hydrogen (secondary N) is 1. The van der Waals surface area contributed by atoms with Gasteiger partial charge in [-0.2, -0.15) is 18.3 Å². The first-order valence-corrected chi connectivity index (χ1v) is 6.20. The van der Waals surface area contributed by atoms with Crippen LogP contribution in [-0.2, 0) is 19.1 Å². The van der Waals surface area contributed by atoms with Gasteiger partial charge in [0.25, 0.3) is 0 Å². The summed E-state index contributed by atoms with van der Waals surface area (Å²) in [4.78, 5) is 4.31. The van der Waals surface area contributed by atoms with Crippen LogP contribution >= 0.6 is 0 Å². The SMILES string of the molecule is CCc1cc(CNC)cc(-n2cc(C(F)(F)F)cn2)n1. The standard InChI is InChI=1S/C13H15F3N4/c1-3-11-4-9(6-17-2)5-12(19-11)20-8-10(7-18-20)13(14,15)16/h4-5,7-8,17H,3,6H2,1-2H3. The van der Waals surface area contributed by atoms with Crippen molar-refractivity contribution >= 4 is 0 Å². The van der Waals surface area contributed by atoms with Gasteiger partial charge in [-0.25, -0.2) is 9.67 Å². The first-order chi connectivity index (χ1) is 9.44. The summed E-state index contributed by atoms with van der Waals surface area (Å²) >= 11 is 0. The molecular formula is C13H15F3N4. The second kappa shape index (κ2) is 5.62. The Labute approximate surface area is 114 Å². The molecule has 0 bridgehead atoms. The third kappa shape index (κ3) is 3.16. The summed E-state index contributed by atoms with van der Waals surface area (Å²) in [5.74, 6) is 0.394. The number of nitrogens with zero attached hydrogens (tertiary/aromatic N) is 3. The highest BCUT2D eigenvalue weighted by Gasteiger charge is 2.32. The van der Waals surface area contributed by atoms with E-state index in [2.05, 4.69) is 15.4 Å². The van der Waals surface area contributed by atoms with E-state index < -0.39 is 11.7 Å². The predicted molar refractivity (Wildman–Crippen MR) is 68.5 cm³/mol. The molecule has 0 unspecified atom stereocenters. The van der Waals surface area contributed by atoms with E-state index in [0.29, 0.717) is 18.8 Å². The topological polar surface area (TPSA) is 42.7 Å². The highest BCUT2D eigenvalue weighted by Crippen LogP contribution is 2.29. The average Bonchev–Trinajstić information content (AvgIpc) is 2.88. The van der Waals surface area contributed by atoms with Crippen molar-refractivity contribution in [3.63, 3.8) is 0 Å². The van der Waals surface area contributed by atoms with E-state index in [9.17, 15) is 13.2 Å². The lowest BCUT2D eigenvalue weighted by Gasteiger charge is -2.08. The lowest BCUT2D eigenvalue weighted by molar-refractivity contribution is -0.137. The molecule has 2 rings (SSSR count). The minimum atomic E-state index is -4.39. The van der Waals surface area contributed by atoms with Gasteiger partial charge in [-0.15, -0.1) is 0 Å². The third-order valence-corrected chi connectivity index (χ3v) is 2.81. The smallest absolute Gasteiger partial charge is 0.316 e. The first kappa shape index (κ1) is 14.5. The fourth-order valence-electron chi connectivity index (χ4n) is 1.83. The molecule has 20 heavy (non-hydrogen) atoms. The van der Waals surface area contributed by atoms with Gasteiger partial charge in [-0.05, 0) is 31.2 Å². The van der Waals surface area contributed by atoms with Gasteiger partial charge >= 0.3 is 6.18 Å². The van der Waals surface area contributed by atoms with Gasteiger partial charge in [0, 0.05) is 18.4 Å². The van der Waals surface area contributed by atoms with Crippen LogP contribution in [0.15, 0.2) is 24.5 Å². The zero-order chi connectivity index (χ0) is 14.8. The van der Waals surface area contributed by atoms with Gasteiger partial charge in [0.1, 0.15) is 0 Å². The molecule has 0 aliphatic rings. The quantitative estimate of drug-likeness (QED) is 0.938. The zero-order valence-corrected chi connectivity index (χ0v) is 11.2. The molecule has 0 saturated heterocycles. The van der Waals surface area contributed by atoms with E-state index in [0.717, 1.165) is 28.3 Å². The van der Waals surface area contributed by atoms with Crippen LogP contribution in [0, 0.1) is 0 Å². The zero-order valence-electron chi connectivity index (χ0n) is 11.2. The summed E-state index contributed by atoms with van der Waals surface area (Å²) in [6.45, 7) is 2.56. The Morgan fingerprint density at radius 2 is 2.05 bits per heavy atom. The van der Waals surface area contributed by atoms with E-state index in [-0.39, 0.29) is 0 Å². The van der Waals surface area contributed by atoms with Crippen LogP contribution < -0.4 is 5.32 Å². The van der Waals surface area contributed by atoms with Crippen molar-refractivity contribution < 1.29 is 13.2 Å². The van der Waals surface area contributed by atoms with Crippen molar-refractivity contribution in [2.45, 2.75) is 26.1 Å². The molecule has 0 atom stereocenters. The highest BCUT2D eigenvalue weighted by molar-refractivity contribution is 5.31. The molecule has 108 valence electrons. The Morgan fingerprint density at radius 1 is 1.30 bits per heavy atom. The molecule has 1 N–H and O–H groups in total. The Balaban J connectivity index is 2.41. The van der Waals surface area contributed by atoms with Gasteiger partial charge in [0.2, 0.25) is 0 Å². The summed E-state index contributed by atoms with van der Waals surface area (Å²) in [6, 6.07) is 3.65. The molecule has 0 spiro atoms. The maximum atomic E-state index is 12.6. The van der Waals surface area contributed by atoms with E-state index >= 15 is 0 Å². The molecule has 2 heterocycles. The molecule has 0 radical (unpaired) electrons. The molecule has 4 nitrogen and oxygen atoms in total. The average molecular weight is 284 g/mol. The molecule has 2 aromatic rings. The van der Waals surface area contributed by atoms with E-state index in [1.54, 1.807) is 13.1 Å². The van der Waals surface area contributed by atoms with Crippen molar-refractivity contribution in [1.29, 1.82) is 0 Å².